The lowest BCUT2D eigenvalue weighted by Gasteiger charge is -1.79. The number of nitrogens with two attached hydrogens (primary N) is 1. The van der Waals surface area contributed by atoms with E-state index in [0.29, 0.717) is 0 Å². The van der Waals surface area contributed by atoms with Crippen molar-refractivity contribution in [2.45, 2.75) is 0 Å². The van der Waals surface area contributed by atoms with Gasteiger partial charge < -0.3 is 9.79 Å². The standard InChI is InChI=1S/ClH.H4NO2P/c;1-4(2)3/h1H;2-3H,1H2. The zero-order valence-electron chi connectivity index (χ0n) is 2.33. The molecule has 0 rings (SSSR count). The van der Waals surface area contributed by atoms with Crippen LogP contribution in [0.2, 0.25) is 0 Å². The van der Waals surface area contributed by atoms with Crippen LogP contribution < -0.4 is 5.50 Å². The fourth-order valence-corrected chi connectivity index (χ4v) is 0. The molecular formula is H5ClNO2P. The van der Waals surface area contributed by atoms with Gasteiger partial charge in [-0.2, -0.15) is 0 Å². The van der Waals surface area contributed by atoms with Crippen LogP contribution in [-0.2, 0) is 0 Å². The van der Waals surface area contributed by atoms with Gasteiger partial charge in [-0.3, -0.25) is 5.50 Å². The quantitative estimate of drug-likeness (QED) is 0.378. The highest BCUT2D eigenvalue weighted by Gasteiger charge is 1.72. The van der Waals surface area contributed by atoms with E-state index in [9.17, 15) is 0 Å². The zero-order chi connectivity index (χ0) is 3.58. The van der Waals surface area contributed by atoms with Gasteiger partial charge in [-0.25, -0.2) is 0 Å². The van der Waals surface area contributed by atoms with Gasteiger partial charge in [0.25, 0.3) is 0 Å². The van der Waals surface area contributed by atoms with Gasteiger partial charge in [-0.1, -0.05) is 0 Å². The Morgan fingerprint density at radius 3 is 1.40 bits per heavy atom. The molecule has 3 nitrogen and oxygen atoms in total. The third-order valence-electron chi connectivity index (χ3n) is 0. The molecule has 0 saturated carbocycles. The predicted octanol–water partition coefficient (Wildman–Crippen LogP) is -0.422. The van der Waals surface area contributed by atoms with Crippen molar-refractivity contribution >= 4 is 20.9 Å². The Morgan fingerprint density at radius 1 is 1.40 bits per heavy atom. The van der Waals surface area contributed by atoms with Crippen LogP contribution in [0.4, 0.5) is 0 Å². The number of hydrogen-bond donors (Lipinski definition) is 3. The van der Waals surface area contributed by atoms with Crippen LogP contribution in [-0.4, -0.2) is 9.79 Å². The highest BCUT2D eigenvalue weighted by Crippen LogP contribution is 2.05. The van der Waals surface area contributed by atoms with E-state index in [1.807, 2.05) is 0 Å². The minimum atomic E-state index is -2.12. The number of halogens is 1. The van der Waals surface area contributed by atoms with Gasteiger partial charge in [-0.15, -0.1) is 12.4 Å². The third kappa shape index (κ3) is 86.4. The van der Waals surface area contributed by atoms with Crippen LogP contribution in [0.15, 0.2) is 0 Å². The molecule has 0 spiro atoms. The molecule has 34 valence electrons. The topological polar surface area (TPSA) is 66.5 Å². The average Bonchev–Trinajstić information content (AvgIpc) is 0.811. The van der Waals surface area contributed by atoms with E-state index in [1.165, 1.54) is 0 Å². The van der Waals surface area contributed by atoms with Crippen molar-refractivity contribution < 1.29 is 9.79 Å². The molecule has 0 radical (unpaired) electrons. The van der Waals surface area contributed by atoms with Crippen LogP contribution in [0.5, 0.6) is 0 Å². The summed E-state index contributed by atoms with van der Waals surface area (Å²) in [5.41, 5.74) is 4.29. The summed E-state index contributed by atoms with van der Waals surface area (Å²) < 4.78 is 0. The van der Waals surface area contributed by atoms with E-state index in [1.54, 1.807) is 0 Å². The monoisotopic (exact) mass is 117 g/mol. The summed E-state index contributed by atoms with van der Waals surface area (Å²) in [5.74, 6) is 0. The molecule has 0 aliphatic carbocycles. The average molecular weight is 117 g/mol. The van der Waals surface area contributed by atoms with Gasteiger partial charge in [0, 0.05) is 0 Å². The van der Waals surface area contributed by atoms with E-state index in [4.69, 9.17) is 9.79 Å². The fourth-order valence-electron chi connectivity index (χ4n) is 0. The minimum Gasteiger partial charge on any atom is -0.338 e. The third-order valence-corrected chi connectivity index (χ3v) is 0. The van der Waals surface area contributed by atoms with Gasteiger partial charge in [0.2, 0.25) is 8.53 Å². The highest BCUT2D eigenvalue weighted by atomic mass is 35.5. The van der Waals surface area contributed by atoms with E-state index >= 15 is 0 Å². The molecule has 5 heteroatoms. The van der Waals surface area contributed by atoms with Crippen molar-refractivity contribution in [3.63, 3.8) is 0 Å². The zero-order valence-corrected chi connectivity index (χ0v) is 4.04. The first-order valence-corrected chi connectivity index (χ1v) is 1.97. The fraction of sp³-hybridized carbons (Fsp3) is 0. The Morgan fingerprint density at radius 2 is 1.40 bits per heavy atom. The maximum atomic E-state index is 7.45. The molecular weight excluding hydrogens is 112 g/mol. The molecule has 0 saturated heterocycles. The lowest BCUT2D eigenvalue weighted by atomic mass is 13.9. The van der Waals surface area contributed by atoms with Crippen LogP contribution in [0.1, 0.15) is 0 Å². The largest absolute Gasteiger partial charge is 0.338 e. The first kappa shape index (κ1) is 9.14. The summed E-state index contributed by atoms with van der Waals surface area (Å²) in [6.45, 7) is 0. The van der Waals surface area contributed by atoms with E-state index < -0.39 is 8.53 Å². The summed E-state index contributed by atoms with van der Waals surface area (Å²) in [4.78, 5) is 14.9. The Labute approximate surface area is 37.2 Å². The van der Waals surface area contributed by atoms with Crippen molar-refractivity contribution in [2.75, 3.05) is 0 Å². The second-order valence-corrected chi connectivity index (χ2v) is 0.961. The van der Waals surface area contributed by atoms with Crippen LogP contribution in [0, 0.1) is 0 Å². The summed E-state index contributed by atoms with van der Waals surface area (Å²) in [7, 11) is -2.12. The molecule has 0 amide bonds. The van der Waals surface area contributed by atoms with E-state index in [2.05, 4.69) is 5.50 Å². The molecule has 0 aliphatic heterocycles. The first-order valence-electron chi connectivity index (χ1n) is 0.658. The SMILES string of the molecule is Cl.NP(O)O. The molecule has 0 bridgehead atoms. The molecule has 0 atom stereocenters. The first-order chi connectivity index (χ1) is 1.73. The molecule has 0 aromatic heterocycles. The van der Waals surface area contributed by atoms with Crippen LogP contribution in [0.25, 0.3) is 0 Å². The molecule has 4 N–H and O–H groups in total. The van der Waals surface area contributed by atoms with Gasteiger partial charge in [-0.05, 0) is 0 Å². The summed E-state index contributed by atoms with van der Waals surface area (Å²) in [6, 6.07) is 0. The Bertz CT molecular complexity index is 14.4. The maximum Gasteiger partial charge on any atom is 0.247 e. The van der Waals surface area contributed by atoms with Gasteiger partial charge in [0.15, 0.2) is 0 Å². The molecule has 0 aliphatic rings. The van der Waals surface area contributed by atoms with E-state index in [-0.39, 0.29) is 12.4 Å². The number of rotatable bonds is 0. The highest BCUT2D eigenvalue weighted by molar-refractivity contribution is 7.42. The summed E-state index contributed by atoms with van der Waals surface area (Å²) in [6.07, 6.45) is 0. The smallest absolute Gasteiger partial charge is 0.247 e. The minimum absolute atomic E-state index is 0. The van der Waals surface area contributed by atoms with Gasteiger partial charge >= 0.3 is 0 Å². The molecule has 0 fully saturated rings. The lowest BCUT2D eigenvalue weighted by Crippen LogP contribution is -1.78. The van der Waals surface area contributed by atoms with Gasteiger partial charge in [0.05, 0.1) is 0 Å². The molecule has 0 aromatic carbocycles. The Kier molecular flexibility index (Phi) is 8.41. The van der Waals surface area contributed by atoms with Gasteiger partial charge in [0.1, 0.15) is 0 Å². The van der Waals surface area contributed by atoms with Crippen molar-refractivity contribution in [1.82, 2.24) is 0 Å². The van der Waals surface area contributed by atoms with Crippen molar-refractivity contribution in [2.24, 2.45) is 5.50 Å². The Balaban J connectivity index is 0. The summed E-state index contributed by atoms with van der Waals surface area (Å²) >= 11 is 0. The van der Waals surface area contributed by atoms with Crippen LogP contribution in [0.3, 0.4) is 0 Å². The molecule has 0 unspecified atom stereocenters. The summed E-state index contributed by atoms with van der Waals surface area (Å²) in [5, 5.41) is 0. The van der Waals surface area contributed by atoms with Crippen molar-refractivity contribution in [1.29, 1.82) is 0 Å². The number of hydrogen-bond acceptors (Lipinski definition) is 3. The maximum absolute atomic E-state index is 7.45. The molecule has 0 heterocycles. The van der Waals surface area contributed by atoms with Crippen molar-refractivity contribution in [3.05, 3.63) is 0 Å². The second-order valence-electron chi connectivity index (χ2n) is 0.320. The van der Waals surface area contributed by atoms with E-state index in [0.717, 1.165) is 0 Å². The molecule has 5 heavy (non-hydrogen) atoms. The normalized spacial score (nSPS) is 7.20. The Hall–Kier alpha value is 0.600. The van der Waals surface area contributed by atoms with Crippen LogP contribution >= 0.6 is 20.9 Å². The second kappa shape index (κ2) is 4.60. The van der Waals surface area contributed by atoms with Crippen molar-refractivity contribution in [3.8, 4) is 0 Å². The lowest BCUT2D eigenvalue weighted by molar-refractivity contribution is 0.485. The predicted molar refractivity (Wildman–Crippen MR) is 22.8 cm³/mol. The molecule has 0 aromatic rings.